The summed E-state index contributed by atoms with van der Waals surface area (Å²) in [5.41, 5.74) is 1.98. The van der Waals surface area contributed by atoms with Crippen molar-refractivity contribution in [3.8, 4) is 5.75 Å². The Morgan fingerprint density at radius 3 is 2.00 bits per heavy atom. The summed E-state index contributed by atoms with van der Waals surface area (Å²) in [5, 5.41) is 2.68. The molecule has 0 saturated carbocycles. The van der Waals surface area contributed by atoms with Crippen LogP contribution in [0.5, 0.6) is 5.75 Å². The quantitative estimate of drug-likeness (QED) is 0.232. The molecule has 0 fully saturated rings. The molecule has 4 aromatic carbocycles. The molecule has 0 aliphatic rings. The number of likely N-dealkylation sites (N-methyl/N-ethyl adjacent to an activating group) is 1. The smallest absolute Gasteiger partial charge is 0.264 e. The first-order valence-electron chi connectivity index (χ1n) is 13.2. The highest BCUT2D eigenvalue weighted by Gasteiger charge is 2.34. The van der Waals surface area contributed by atoms with Gasteiger partial charge < -0.3 is 15.0 Å². The molecule has 218 valence electrons. The number of sulfonamides is 1. The summed E-state index contributed by atoms with van der Waals surface area (Å²) >= 11 is 3.43. The van der Waals surface area contributed by atoms with E-state index in [0.717, 1.165) is 19.9 Å². The molecule has 4 rings (SSSR count). The van der Waals surface area contributed by atoms with Crippen molar-refractivity contribution in [1.29, 1.82) is 0 Å². The Morgan fingerprint density at radius 2 is 1.43 bits per heavy atom. The number of methoxy groups -OCH3 is 1. The lowest BCUT2D eigenvalue weighted by molar-refractivity contribution is -0.139. The highest BCUT2D eigenvalue weighted by atomic mass is 79.9. The molecule has 0 unspecified atom stereocenters. The number of carbonyl (C=O) groups excluding carboxylic acids is 2. The summed E-state index contributed by atoms with van der Waals surface area (Å²) in [5.74, 6) is -0.372. The molecular weight excluding hydrogens is 618 g/mol. The molecule has 1 N–H and O–H groups in total. The Kier molecular flexibility index (Phi) is 10.4. The molecule has 8 nitrogen and oxygen atoms in total. The molecule has 42 heavy (non-hydrogen) atoms. The molecule has 0 aliphatic heterocycles. The van der Waals surface area contributed by atoms with Gasteiger partial charge in [0.05, 0.1) is 17.7 Å². The van der Waals surface area contributed by atoms with Gasteiger partial charge in [0.25, 0.3) is 10.0 Å². The third kappa shape index (κ3) is 7.57. The maximum Gasteiger partial charge on any atom is 0.264 e. The number of anilines is 1. The number of rotatable bonds is 12. The van der Waals surface area contributed by atoms with Crippen LogP contribution in [0.1, 0.15) is 11.1 Å². The predicted molar refractivity (Wildman–Crippen MR) is 167 cm³/mol. The number of halogens is 1. The van der Waals surface area contributed by atoms with E-state index in [0.29, 0.717) is 11.4 Å². The number of para-hydroxylation sites is 1. The second-order valence-corrected chi connectivity index (χ2v) is 12.3. The third-order valence-corrected chi connectivity index (χ3v) is 9.07. The van der Waals surface area contributed by atoms with Gasteiger partial charge in [-0.15, -0.1) is 0 Å². The second kappa shape index (κ2) is 14.2. The van der Waals surface area contributed by atoms with E-state index in [1.165, 1.54) is 31.2 Å². The maximum absolute atomic E-state index is 14.2. The topological polar surface area (TPSA) is 96.0 Å². The van der Waals surface area contributed by atoms with E-state index in [2.05, 4.69) is 21.2 Å². The largest absolute Gasteiger partial charge is 0.497 e. The SMILES string of the molecule is CNC(=O)[C@@H](Cc1ccccc1)N(Cc1ccc(Br)cc1)C(=O)CN(c1ccccc1)S(=O)(=O)c1ccc(OC)cc1. The number of nitrogens with one attached hydrogen (secondary N) is 1. The lowest BCUT2D eigenvalue weighted by Gasteiger charge is -2.33. The highest BCUT2D eigenvalue weighted by molar-refractivity contribution is 9.10. The van der Waals surface area contributed by atoms with E-state index in [9.17, 15) is 18.0 Å². The van der Waals surface area contributed by atoms with E-state index in [-0.39, 0.29) is 23.8 Å². The minimum atomic E-state index is -4.17. The lowest BCUT2D eigenvalue weighted by Crippen LogP contribution is -2.53. The molecule has 0 radical (unpaired) electrons. The van der Waals surface area contributed by atoms with Crippen molar-refractivity contribution in [2.75, 3.05) is 25.0 Å². The van der Waals surface area contributed by atoms with Gasteiger partial charge in [0.2, 0.25) is 11.8 Å². The maximum atomic E-state index is 14.2. The van der Waals surface area contributed by atoms with Gasteiger partial charge in [0.1, 0.15) is 18.3 Å². The number of hydrogen-bond acceptors (Lipinski definition) is 5. The predicted octanol–water partition coefficient (Wildman–Crippen LogP) is 5.04. The van der Waals surface area contributed by atoms with Gasteiger partial charge in [-0.05, 0) is 59.7 Å². The van der Waals surface area contributed by atoms with Crippen LogP contribution in [0.15, 0.2) is 119 Å². The zero-order chi connectivity index (χ0) is 30.1. The zero-order valence-electron chi connectivity index (χ0n) is 23.3. The minimum absolute atomic E-state index is 0.00606. The van der Waals surface area contributed by atoms with Crippen molar-refractivity contribution < 1.29 is 22.7 Å². The van der Waals surface area contributed by atoms with Gasteiger partial charge in [0, 0.05) is 24.5 Å². The average molecular weight is 651 g/mol. The molecule has 2 amide bonds. The van der Waals surface area contributed by atoms with Crippen molar-refractivity contribution in [3.63, 3.8) is 0 Å². The van der Waals surface area contributed by atoms with E-state index in [4.69, 9.17) is 4.74 Å². The van der Waals surface area contributed by atoms with Crippen LogP contribution in [0, 0.1) is 0 Å². The number of carbonyl (C=O) groups is 2. The number of benzene rings is 4. The molecule has 10 heteroatoms. The van der Waals surface area contributed by atoms with Crippen molar-refractivity contribution >= 4 is 43.5 Å². The highest BCUT2D eigenvalue weighted by Crippen LogP contribution is 2.26. The Hall–Kier alpha value is -4.15. The number of ether oxygens (including phenoxy) is 1. The second-order valence-electron chi connectivity index (χ2n) is 9.49. The van der Waals surface area contributed by atoms with Crippen molar-refractivity contribution in [3.05, 3.63) is 125 Å². The summed E-state index contributed by atoms with van der Waals surface area (Å²) < 4.78 is 35.1. The van der Waals surface area contributed by atoms with Gasteiger partial charge in [-0.1, -0.05) is 76.6 Å². The Labute approximate surface area is 255 Å². The molecule has 1 atom stereocenters. The first kappa shape index (κ1) is 30.8. The van der Waals surface area contributed by atoms with Gasteiger partial charge in [-0.3, -0.25) is 13.9 Å². The van der Waals surface area contributed by atoms with Crippen LogP contribution >= 0.6 is 15.9 Å². The summed E-state index contributed by atoms with van der Waals surface area (Å²) in [7, 11) is -1.16. The van der Waals surface area contributed by atoms with Crippen LogP contribution < -0.4 is 14.4 Å². The first-order valence-corrected chi connectivity index (χ1v) is 15.5. The van der Waals surface area contributed by atoms with E-state index >= 15 is 0 Å². The van der Waals surface area contributed by atoms with E-state index in [1.54, 1.807) is 42.5 Å². The number of hydrogen-bond donors (Lipinski definition) is 1. The fourth-order valence-corrected chi connectivity index (χ4v) is 6.18. The van der Waals surface area contributed by atoms with E-state index in [1.807, 2.05) is 54.6 Å². The van der Waals surface area contributed by atoms with Gasteiger partial charge in [-0.2, -0.15) is 0 Å². The minimum Gasteiger partial charge on any atom is -0.497 e. The summed E-state index contributed by atoms with van der Waals surface area (Å²) in [6, 6.07) is 30.4. The third-order valence-electron chi connectivity index (χ3n) is 6.75. The van der Waals surface area contributed by atoms with E-state index < -0.39 is 28.5 Å². The molecule has 0 heterocycles. The van der Waals surface area contributed by atoms with Crippen molar-refractivity contribution in [2.45, 2.75) is 23.9 Å². The van der Waals surface area contributed by atoms with Crippen molar-refractivity contribution in [2.24, 2.45) is 0 Å². The zero-order valence-corrected chi connectivity index (χ0v) is 25.7. The Bertz CT molecular complexity index is 1580. The normalized spacial score (nSPS) is 11.8. The van der Waals surface area contributed by atoms with Crippen LogP contribution in [0.3, 0.4) is 0 Å². The average Bonchev–Trinajstić information content (AvgIpc) is 3.02. The molecule has 0 spiro atoms. The molecule has 0 bridgehead atoms. The summed E-state index contributed by atoms with van der Waals surface area (Å²) in [6.45, 7) is -0.417. The van der Waals surface area contributed by atoms with Crippen molar-refractivity contribution in [1.82, 2.24) is 10.2 Å². The summed E-state index contributed by atoms with van der Waals surface area (Å²) in [6.07, 6.45) is 0.249. The van der Waals surface area contributed by atoms with Gasteiger partial charge >= 0.3 is 0 Å². The van der Waals surface area contributed by atoms with Crippen LogP contribution in [0.2, 0.25) is 0 Å². The monoisotopic (exact) mass is 649 g/mol. The fraction of sp³-hybridized carbons (Fsp3) is 0.188. The fourth-order valence-electron chi connectivity index (χ4n) is 4.51. The standard InChI is InChI=1S/C32H32BrN3O5S/c1-34-32(38)30(21-24-9-5-3-6-10-24)35(22-25-13-15-26(33)16-14-25)31(37)23-36(27-11-7-4-8-12-27)42(39,40)29-19-17-28(41-2)18-20-29/h3-20,30H,21-23H2,1-2H3,(H,34,38)/t30-/m1/s1. The Morgan fingerprint density at radius 1 is 0.833 bits per heavy atom. The summed E-state index contributed by atoms with van der Waals surface area (Å²) in [4.78, 5) is 29.0. The lowest BCUT2D eigenvalue weighted by atomic mass is 10.0. The first-order chi connectivity index (χ1) is 20.2. The van der Waals surface area contributed by atoms with Crippen LogP contribution in [-0.4, -0.2) is 51.9 Å². The molecule has 0 saturated heterocycles. The number of nitrogens with zero attached hydrogens (tertiary/aromatic N) is 2. The molecule has 0 aromatic heterocycles. The molecule has 0 aliphatic carbocycles. The van der Waals surface area contributed by atoms with Crippen LogP contribution in [0.4, 0.5) is 5.69 Å². The Balaban J connectivity index is 1.76. The van der Waals surface area contributed by atoms with Crippen LogP contribution in [-0.2, 0) is 32.6 Å². The molecular formula is C32H32BrN3O5S. The number of amides is 2. The van der Waals surface area contributed by atoms with Crippen LogP contribution in [0.25, 0.3) is 0 Å². The van der Waals surface area contributed by atoms with Gasteiger partial charge in [-0.25, -0.2) is 8.42 Å². The molecule has 4 aromatic rings. The van der Waals surface area contributed by atoms with Gasteiger partial charge in [0.15, 0.2) is 0 Å².